The number of carbonyl (C=O) groups excluding carboxylic acids is 1. The number of hydrogen-bond acceptors (Lipinski definition) is 3. The van der Waals surface area contributed by atoms with E-state index in [2.05, 4.69) is 0 Å². The van der Waals surface area contributed by atoms with Crippen LogP contribution in [0.2, 0.25) is 0 Å². The average molecular weight is 343 g/mol. The number of phenols is 1. The van der Waals surface area contributed by atoms with Gasteiger partial charge in [-0.1, -0.05) is 24.3 Å². The van der Waals surface area contributed by atoms with Gasteiger partial charge in [0.2, 0.25) is 5.91 Å². The zero-order valence-electron chi connectivity index (χ0n) is 14.0. The van der Waals surface area contributed by atoms with Gasteiger partial charge in [0.1, 0.15) is 5.75 Å². The number of hydrogen-bond donors (Lipinski definition) is 1. The van der Waals surface area contributed by atoms with Crippen molar-refractivity contribution in [2.45, 2.75) is 25.2 Å². The fourth-order valence-electron chi connectivity index (χ4n) is 3.18. The van der Waals surface area contributed by atoms with Gasteiger partial charge in [-0.2, -0.15) is 0 Å². The summed E-state index contributed by atoms with van der Waals surface area (Å²) < 4.78 is 18.8. The van der Waals surface area contributed by atoms with Crippen LogP contribution in [0.1, 0.15) is 30.7 Å². The number of nitrogens with zero attached hydrogens (tertiary/aromatic N) is 1. The molecule has 2 aromatic rings. The van der Waals surface area contributed by atoms with E-state index in [1.54, 1.807) is 30.3 Å². The number of amides is 1. The minimum atomic E-state index is -0.412. The van der Waals surface area contributed by atoms with Crippen molar-refractivity contribution in [1.82, 2.24) is 4.90 Å². The van der Waals surface area contributed by atoms with Gasteiger partial charge in [-0.15, -0.1) is 0 Å². The fraction of sp³-hybridized carbons (Fsp3) is 0.350. The van der Waals surface area contributed by atoms with Gasteiger partial charge in [-0.25, -0.2) is 4.39 Å². The molecule has 1 amide bonds. The van der Waals surface area contributed by atoms with E-state index >= 15 is 0 Å². The summed E-state index contributed by atoms with van der Waals surface area (Å²) in [6.45, 7) is 1.60. The number of benzene rings is 2. The second-order valence-electron chi connectivity index (χ2n) is 6.28. The summed E-state index contributed by atoms with van der Waals surface area (Å²) in [7, 11) is 0. The van der Waals surface area contributed by atoms with Crippen LogP contribution in [0.3, 0.4) is 0 Å². The third-order valence-corrected chi connectivity index (χ3v) is 4.62. The maximum absolute atomic E-state index is 13.5. The number of ether oxygens (including phenoxy) is 1. The molecule has 0 radical (unpaired) electrons. The van der Waals surface area contributed by atoms with Crippen LogP contribution in [-0.2, 0) is 4.79 Å². The topological polar surface area (TPSA) is 49.8 Å². The van der Waals surface area contributed by atoms with Crippen LogP contribution < -0.4 is 4.74 Å². The Morgan fingerprint density at radius 3 is 2.48 bits per heavy atom. The molecule has 1 saturated heterocycles. The molecule has 0 unspecified atom stereocenters. The van der Waals surface area contributed by atoms with Crippen LogP contribution in [0.4, 0.5) is 4.39 Å². The third kappa shape index (κ3) is 4.50. The Morgan fingerprint density at radius 1 is 1.12 bits per heavy atom. The molecule has 2 aromatic carbocycles. The highest BCUT2D eigenvalue weighted by Crippen LogP contribution is 2.29. The van der Waals surface area contributed by atoms with Crippen LogP contribution in [0.25, 0.3) is 0 Å². The quantitative estimate of drug-likeness (QED) is 0.900. The molecule has 0 bridgehead atoms. The number of phenolic OH excluding ortho intramolecular Hbond substituents is 1. The third-order valence-electron chi connectivity index (χ3n) is 4.62. The minimum Gasteiger partial charge on any atom is -0.508 e. The van der Waals surface area contributed by atoms with Gasteiger partial charge >= 0.3 is 0 Å². The summed E-state index contributed by atoms with van der Waals surface area (Å²) in [4.78, 5) is 14.1. The van der Waals surface area contributed by atoms with Gasteiger partial charge in [0.25, 0.3) is 0 Å². The van der Waals surface area contributed by atoms with E-state index in [0.29, 0.717) is 19.0 Å². The Morgan fingerprint density at radius 2 is 1.80 bits per heavy atom. The monoisotopic (exact) mass is 343 g/mol. The summed E-state index contributed by atoms with van der Waals surface area (Å²) in [6, 6.07) is 13.5. The van der Waals surface area contributed by atoms with Crippen LogP contribution in [0.15, 0.2) is 48.5 Å². The molecule has 1 fully saturated rings. The highest BCUT2D eigenvalue weighted by molar-refractivity contribution is 5.76. The van der Waals surface area contributed by atoms with Gasteiger partial charge in [0.15, 0.2) is 11.6 Å². The number of carbonyl (C=O) groups is 1. The molecule has 0 aromatic heterocycles. The maximum Gasteiger partial charge on any atom is 0.225 e. The highest BCUT2D eigenvalue weighted by atomic mass is 19.1. The highest BCUT2D eigenvalue weighted by Gasteiger charge is 2.23. The Kier molecular flexibility index (Phi) is 5.53. The SMILES string of the molecule is O=C(CCOc1ccccc1F)N1CCC(c2ccc(O)cc2)CC1. The van der Waals surface area contributed by atoms with E-state index in [-0.39, 0.29) is 30.4 Å². The van der Waals surface area contributed by atoms with Crippen molar-refractivity contribution in [2.24, 2.45) is 0 Å². The molecule has 1 aliphatic heterocycles. The van der Waals surface area contributed by atoms with Crippen LogP contribution >= 0.6 is 0 Å². The number of aromatic hydroxyl groups is 1. The summed E-state index contributed by atoms with van der Waals surface area (Å²) in [5, 5.41) is 9.36. The molecule has 0 aliphatic carbocycles. The lowest BCUT2D eigenvalue weighted by Crippen LogP contribution is -2.38. The van der Waals surface area contributed by atoms with Crippen LogP contribution in [0, 0.1) is 5.82 Å². The van der Waals surface area contributed by atoms with Crippen molar-refractivity contribution in [2.75, 3.05) is 19.7 Å². The molecule has 1 N–H and O–H groups in total. The second-order valence-corrected chi connectivity index (χ2v) is 6.28. The largest absolute Gasteiger partial charge is 0.508 e. The molecule has 3 rings (SSSR count). The second kappa shape index (κ2) is 8.01. The summed E-state index contributed by atoms with van der Waals surface area (Å²) >= 11 is 0. The predicted molar refractivity (Wildman–Crippen MR) is 93.2 cm³/mol. The van der Waals surface area contributed by atoms with Crippen LogP contribution in [-0.4, -0.2) is 35.6 Å². The zero-order valence-corrected chi connectivity index (χ0v) is 14.0. The van der Waals surface area contributed by atoms with E-state index in [4.69, 9.17) is 4.74 Å². The average Bonchev–Trinajstić information content (AvgIpc) is 2.64. The molecule has 132 valence electrons. The van der Waals surface area contributed by atoms with Gasteiger partial charge < -0.3 is 14.7 Å². The first kappa shape index (κ1) is 17.3. The fourth-order valence-corrected chi connectivity index (χ4v) is 3.18. The Labute approximate surface area is 146 Å². The minimum absolute atomic E-state index is 0.0421. The molecule has 0 spiro atoms. The lowest BCUT2D eigenvalue weighted by Gasteiger charge is -2.32. The van der Waals surface area contributed by atoms with Crippen molar-refractivity contribution in [3.8, 4) is 11.5 Å². The number of halogens is 1. The lowest BCUT2D eigenvalue weighted by atomic mass is 9.89. The van der Waals surface area contributed by atoms with Crippen molar-refractivity contribution in [3.63, 3.8) is 0 Å². The smallest absolute Gasteiger partial charge is 0.225 e. The molecular weight excluding hydrogens is 321 g/mol. The molecular formula is C20H22FNO3. The first-order valence-corrected chi connectivity index (χ1v) is 8.57. The maximum atomic E-state index is 13.5. The number of rotatable bonds is 5. The molecule has 0 saturated carbocycles. The summed E-state index contributed by atoms with van der Waals surface area (Å²) in [5.74, 6) is 0.497. The Bertz CT molecular complexity index is 709. The van der Waals surface area contributed by atoms with Gasteiger partial charge in [0.05, 0.1) is 13.0 Å². The zero-order chi connectivity index (χ0) is 17.6. The molecule has 1 heterocycles. The first-order valence-electron chi connectivity index (χ1n) is 8.57. The standard InChI is InChI=1S/C20H22FNO3/c21-18-3-1-2-4-19(18)25-14-11-20(24)22-12-9-16(10-13-22)15-5-7-17(23)8-6-15/h1-8,16,23H,9-14H2. The van der Waals surface area contributed by atoms with Crippen molar-refractivity contribution in [1.29, 1.82) is 0 Å². The first-order chi connectivity index (χ1) is 12.1. The number of para-hydroxylation sites is 1. The van der Waals surface area contributed by atoms with Crippen molar-refractivity contribution >= 4 is 5.91 Å². The Hall–Kier alpha value is -2.56. The van der Waals surface area contributed by atoms with E-state index in [9.17, 15) is 14.3 Å². The van der Waals surface area contributed by atoms with Gasteiger partial charge in [-0.3, -0.25) is 4.79 Å². The van der Waals surface area contributed by atoms with Crippen molar-refractivity contribution in [3.05, 3.63) is 59.9 Å². The number of piperidine rings is 1. The molecule has 4 nitrogen and oxygen atoms in total. The molecule has 0 atom stereocenters. The summed E-state index contributed by atoms with van der Waals surface area (Å²) in [6.07, 6.45) is 2.06. The van der Waals surface area contributed by atoms with Crippen LogP contribution in [0.5, 0.6) is 11.5 Å². The molecule has 25 heavy (non-hydrogen) atoms. The summed E-state index contributed by atoms with van der Waals surface area (Å²) in [5.41, 5.74) is 1.20. The van der Waals surface area contributed by atoms with Gasteiger partial charge in [0, 0.05) is 13.1 Å². The molecule has 5 heteroatoms. The van der Waals surface area contributed by atoms with E-state index in [0.717, 1.165) is 12.8 Å². The predicted octanol–water partition coefficient (Wildman–Crippen LogP) is 3.71. The normalized spacial score (nSPS) is 15.2. The van der Waals surface area contributed by atoms with Gasteiger partial charge in [-0.05, 0) is 48.6 Å². The van der Waals surface area contributed by atoms with E-state index in [1.165, 1.54) is 11.6 Å². The number of likely N-dealkylation sites (tertiary alicyclic amines) is 1. The Balaban J connectivity index is 1.44. The van der Waals surface area contributed by atoms with E-state index in [1.807, 2.05) is 17.0 Å². The lowest BCUT2D eigenvalue weighted by molar-refractivity contribution is -0.132. The van der Waals surface area contributed by atoms with E-state index < -0.39 is 5.82 Å². The van der Waals surface area contributed by atoms with Crippen molar-refractivity contribution < 1.29 is 19.0 Å². The molecule has 1 aliphatic rings.